The standard InChI is InChI=1S/C28H30N4O5S/c1-36-21-5-2-19-3-7-26(33)32(24(19)15-21)18-28(35)9-12-30(17-28)11-8-22-16-31(27(34)37-22)20-4-6-25-23(14-20)29-10-13-38-25/h2-7,10,13-15,22,29,35H,8-9,11-12,16-18H2,1H3/t22-,28?/m0/s1. The number of aromatic nitrogens is 1. The van der Waals surface area contributed by atoms with Crippen molar-refractivity contribution in [3.05, 3.63) is 70.5 Å². The van der Waals surface area contributed by atoms with Gasteiger partial charge in [-0.2, -0.15) is 0 Å². The van der Waals surface area contributed by atoms with E-state index in [1.807, 2.05) is 48.0 Å². The van der Waals surface area contributed by atoms with E-state index < -0.39 is 5.60 Å². The second-order valence-corrected chi connectivity index (χ2v) is 11.0. The van der Waals surface area contributed by atoms with Crippen LogP contribution in [0.5, 0.6) is 5.75 Å². The number of aliphatic hydroxyl groups is 1. The van der Waals surface area contributed by atoms with Crippen LogP contribution in [-0.2, 0) is 11.3 Å². The second kappa shape index (κ2) is 10.0. The molecule has 4 heterocycles. The molecular formula is C28H30N4O5S. The minimum Gasteiger partial charge on any atom is -0.497 e. The number of nitrogens with one attached hydrogen (secondary N) is 1. The van der Waals surface area contributed by atoms with Gasteiger partial charge in [0.1, 0.15) is 11.9 Å². The summed E-state index contributed by atoms with van der Waals surface area (Å²) < 4.78 is 12.7. The van der Waals surface area contributed by atoms with Gasteiger partial charge in [0.2, 0.25) is 0 Å². The highest BCUT2D eigenvalue weighted by molar-refractivity contribution is 8.02. The molecule has 6 rings (SSSR count). The van der Waals surface area contributed by atoms with Crippen LogP contribution in [0.15, 0.2) is 69.8 Å². The zero-order chi connectivity index (χ0) is 26.3. The third-order valence-electron chi connectivity index (χ3n) is 7.48. The number of cyclic esters (lactones) is 1. The second-order valence-electron chi connectivity index (χ2n) is 10.1. The number of rotatable bonds is 7. The largest absolute Gasteiger partial charge is 0.497 e. The molecule has 1 amide bonds. The number of fused-ring (bicyclic) bond motifs is 2. The molecule has 198 valence electrons. The molecule has 0 saturated carbocycles. The van der Waals surface area contributed by atoms with Gasteiger partial charge in [-0.25, -0.2) is 4.79 Å². The Hall–Kier alpha value is -3.47. The SMILES string of the molecule is COc1ccc2ccc(=O)n(CC3(O)CCN(CC[C@H]4CN(c5ccc6c(c5)NC=CS6)C(=O)O4)C3)c2c1. The zero-order valence-electron chi connectivity index (χ0n) is 21.1. The van der Waals surface area contributed by atoms with Gasteiger partial charge < -0.3 is 29.4 Å². The van der Waals surface area contributed by atoms with E-state index in [0.29, 0.717) is 44.8 Å². The van der Waals surface area contributed by atoms with Gasteiger partial charge in [-0.1, -0.05) is 11.8 Å². The topological polar surface area (TPSA) is 96.3 Å². The smallest absolute Gasteiger partial charge is 0.414 e. The number of nitrogens with zero attached hydrogens (tertiary/aromatic N) is 3. The summed E-state index contributed by atoms with van der Waals surface area (Å²) in [5, 5.41) is 17.5. The lowest BCUT2D eigenvalue weighted by Crippen LogP contribution is -2.41. The third kappa shape index (κ3) is 4.87. The summed E-state index contributed by atoms with van der Waals surface area (Å²) in [7, 11) is 1.59. The van der Waals surface area contributed by atoms with Crippen molar-refractivity contribution in [1.29, 1.82) is 0 Å². The lowest BCUT2D eigenvalue weighted by Gasteiger charge is -2.25. The molecular weight excluding hydrogens is 504 g/mol. The average molecular weight is 535 g/mol. The van der Waals surface area contributed by atoms with Crippen LogP contribution in [0.4, 0.5) is 16.2 Å². The minimum absolute atomic E-state index is 0.150. The highest BCUT2D eigenvalue weighted by Crippen LogP contribution is 2.36. The molecule has 2 aromatic carbocycles. The van der Waals surface area contributed by atoms with Gasteiger partial charge in [0.15, 0.2) is 0 Å². The lowest BCUT2D eigenvalue weighted by atomic mass is 10.0. The van der Waals surface area contributed by atoms with Crippen molar-refractivity contribution in [3.8, 4) is 5.75 Å². The van der Waals surface area contributed by atoms with Gasteiger partial charge in [0.25, 0.3) is 5.56 Å². The first-order valence-electron chi connectivity index (χ1n) is 12.7. The maximum atomic E-state index is 12.7. The maximum absolute atomic E-state index is 12.7. The molecule has 0 radical (unpaired) electrons. The number of carbonyl (C=O) groups is 1. The van der Waals surface area contributed by atoms with Crippen LogP contribution in [0.2, 0.25) is 0 Å². The molecule has 2 N–H and O–H groups in total. The summed E-state index contributed by atoms with van der Waals surface area (Å²) in [6.45, 7) is 2.56. The van der Waals surface area contributed by atoms with Gasteiger partial charge in [-0.15, -0.1) is 0 Å². The van der Waals surface area contributed by atoms with Gasteiger partial charge in [-0.05, 0) is 60.0 Å². The quantitative estimate of drug-likeness (QED) is 0.472. The summed E-state index contributed by atoms with van der Waals surface area (Å²) in [6.07, 6.45) is 2.56. The Labute approximate surface area is 224 Å². The third-order valence-corrected chi connectivity index (χ3v) is 8.36. The number of hydrogen-bond acceptors (Lipinski definition) is 8. The van der Waals surface area contributed by atoms with E-state index >= 15 is 0 Å². The number of β-amino-alcohol motifs (C(OH)–C–C–N with tert-alkyl or cyclic N) is 1. The van der Waals surface area contributed by atoms with Crippen LogP contribution < -0.4 is 20.5 Å². The van der Waals surface area contributed by atoms with E-state index in [-0.39, 0.29) is 24.3 Å². The van der Waals surface area contributed by atoms with Crippen molar-refractivity contribution in [2.75, 3.05) is 43.5 Å². The summed E-state index contributed by atoms with van der Waals surface area (Å²) in [5.74, 6) is 0.666. The van der Waals surface area contributed by atoms with Crippen LogP contribution in [-0.4, -0.2) is 65.7 Å². The minimum atomic E-state index is -1.03. The average Bonchev–Trinajstić information content (AvgIpc) is 3.50. The molecule has 3 aliphatic rings. The molecule has 2 atom stereocenters. The van der Waals surface area contributed by atoms with Gasteiger partial charge in [0, 0.05) is 48.5 Å². The van der Waals surface area contributed by atoms with Crippen LogP contribution >= 0.6 is 11.8 Å². The first kappa shape index (κ1) is 24.8. The van der Waals surface area contributed by atoms with Crippen LogP contribution in [0, 0.1) is 0 Å². The Morgan fingerprint density at radius 2 is 2.05 bits per heavy atom. The maximum Gasteiger partial charge on any atom is 0.414 e. The van der Waals surface area contributed by atoms with Crippen molar-refractivity contribution in [1.82, 2.24) is 9.47 Å². The number of methoxy groups -OCH3 is 1. The number of amides is 1. The van der Waals surface area contributed by atoms with E-state index in [0.717, 1.165) is 27.2 Å². The van der Waals surface area contributed by atoms with Gasteiger partial charge >= 0.3 is 6.09 Å². The number of thioether (sulfide) groups is 1. The Balaban J connectivity index is 1.08. The number of anilines is 2. The molecule has 0 spiro atoms. The van der Waals surface area contributed by atoms with Crippen molar-refractivity contribution >= 4 is 40.1 Å². The Kier molecular flexibility index (Phi) is 6.55. The number of pyridine rings is 1. The highest BCUT2D eigenvalue weighted by atomic mass is 32.2. The first-order valence-corrected chi connectivity index (χ1v) is 13.6. The predicted molar refractivity (Wildman–Crippen MR) is 148 cm³/mol. The van der Waals surface area contributed by atoms with E-state index in [2.05, 4.69) is 10.2 Å². The van der Waals surface area contributed by atoms with E-state index in [9.17, 15) is 14.7 Å². The highest BCUT2D eigenvalue weighted by Gasteiger charge is 2.38. The van der Waals surface area contributed by atoms with E-state index in [1.54, 1.807) is 40.5 Å². The fourth-order valence-corrected chi connectivity index (χ4v) is 6.13. The number of carbonyl (C=O) groups excluding carboxylic acids is 1. The summed E-state index contributed by atoms with van der Waals surface area (Å²) in [6, 6.07) is 14.9. The Morgan fingerprint density at radius 3 is 2.92 bits per heavy atom. The number of likely N-dealkylation sites (tertiary alicyclic amines) is 1. The van der Waals surface area contributed by atoms with Gasteiger partial charge in [0.05, 0.1) is 37.0 Å². The fraction of sp³-hybridized carbons (Fsp3) is 0.357. The van der Waals surface area contributed by atoms with Gasteiger partial charge in [-0.3, -0.25) is 9.69 Å². The number of benzene rings is 2. The molecule has 3 aromatic rings. The van der Waals surface area contributed by atoms with Crippen molar-refractivity contribution in [2.45, 2.75) is 36.0 Å². The molecule has 10 heteroatoms. The molecule has 2 fully saturated rings. The van der Waals surface area contributed by atoms with Crippen molar-refractivity contribution in [3.63, 3.8) is 0 Å². The zero-order valence-corrected chi connectivity index (χ0v) is 21.9. The molecule has 2 saturated heterocycles. The van der Waals surface area contributed by atoms with Crippen molar-refractivity contribution < 1.29 is 19.4 Å². The predicted octanol–water partition coefficient (Wildman–Crippen LogP) is 3.85. The Bertz CT molecular complexity index is 1470. The monoisotopic (exact) mass is 534 g/mol. The molecule has 0 bridgehead atoms. The molecule has 0 aliphatic carbocycles. The molecule has 9 nitrogen and oxygen atoms in total. The molecule has 1 unspecified atom stereocenters. The fourth-order valence-electron chi connectivity index (χ4n) is 5.45. The normalized spacial score (nSPS) is 22.9. The number of ether oxygens (including phenoxy) is 2. The summed E-state index contributed by atoms with van der Waals surface area (Å²) in [5.41, 5.74) is 1.36. The molecule has 3 aliphatic heterocycles. The molecule has 38 heavy (non-hydrogen) atoms. The lowest BCUT2D eigenvalue weighted by molar-refractivity contribution is 0.0308. The molecule has 1 aromatic heterocycles. The van der Waals surface area contributed by atoms with Crippen LogP contribution in [0.1, 0.15) is 12.8 Å². The van der Waals surface area contributed by atoms with Crippen LogP contribution in [0.3, 0.4) is 0 Å². The van der Waals surface area contributed by atoms with Crippen LogP contribution in [0.25, 0.3) is 10.9 Å². The summed E-state index contributed by atoms with van der Waals surface area (Å²) >= 11 is 1.64. The summed E-state index contributed by atoms with van der Waals surface area (Å²) in [4.78, 5) is 30.3. The van der Waals surface area contributed by atoms with E-state index in [1.165, 1.54) is 0 Å². The van der Waals surface area contributed by atoms with E-state index in [4.69, 9.17) is 9.47 Å². The first-order chi connectivity index (χ1) is 18.4. The Morgan fingerprint density at radius 1 is 1.18 bits per heavy atom. The van der Waals surface area contributed by atoms with Crippen molar-refractivity contribution in [2.24, 2.45) is 0 Å². The number of hydrogen-bond donors (Lipinski definition) is 2.